The summed E-state index contributed by atoms with van der Waals surface area (Å²) in [5, 5.41) is 9.86. The molecule has 2 aliphatic carbocycles. The first-order chi connectivity index (χ1) is 44.3. The minimum absolute atomic E-state index is 0.212. The van der Waals surface area contributed by atoms with E-state index >= 15 is 0 Å². The first kappa shape index (κ1) is 54.7. The normalized spacial score (nSPS) is 14.8. The fourth-order valence-electron chi connectivity index (χ4n) is 15.2. The fraction of sp³-hybridized carbons (Fsp3) is 0.0909. The summed E-state index contributed by atoms with van der Waals surface area (Å²) >= 11 is 0. The predicted octanol–water partition coefficient (Wildman–Crippen LogP) is 24.7. The summed E-state index contributed by atoms with van der Waals surface area (Å²) < 4.78 is 0. The maximum atomic E-state index is 2.46. The molecule has 0 saturated heterocycles. The molecule has 2 nitrogen and oxygen atoms in total. The zero-order valence-electron chi connectivity index (χ0n) is 52.2. The molecule has 14 aromatic carbocycles. The second-order valence-corrected chi connectivity index (χ2v) is 30.2. The van der Waals surface area contributed by atoms with Crippen LogP contribution in [0.1, 0.15) is 72.2 Å². The SMILES string of the molecule is CC1(C)c2cc(/C=C/c3ccc4c(c3)-c3cc(/C=C/c5ccc6c(c5)C(C)(C)c5cc(N(c7ccc8ccccc8c7)c7ccc8ccccc8c7)ccc5-6)ccc3S4(C)C)ccc2-c2ccc(N(c3ccc4ccccc4c3)c3ccc4ccccc4c3)cc21. The van der Waals surface area contributed by atoms with E-state index in [2.05, 4.69) is 353 Å². The Hall–Kier alpha value is -10.5. The Balaban J connectivity index is 0.639. The summed E-state index contributed by atoms with van der Waals surface area (Å²) in [4.78, 5) is 7.77. The highest BCUT2D eigenvalue weighted by Gasteiger charge is 2.38. The largest absolute Gasteiger partial charge is 0.310 e. The zero-order chi connectivity index (χ0) is 61.3. The third kappa shape index (κ3) is 9.08. The van der Waals surface area contributed by atoms with E-state index in [9.17, 15) is 0 Å². The number of nitrogens with zero attached hydrogens (tertiary/aromatic N) is 2. The quantitative estimate of drug-likeness (QED) is 0.126. The Morgan fingerprint density at radius 3 is 0.824 bits per heavy atom. The van der Waals surface area contributed by atoms with Gasteiger partial charge in [0.1, 0.15) is 0 Å². The van der Waals surface area contributed by atoms with Crippen molar-refractivity contribution in [1.29, 1.82) is 0 Å². The lowest BCUT2D eigenvalue weighted by molar-refractivity contribution is 0.660. The third-order valence-corrected chi connectivity index (χ3v) is 23.1. The van der Waals surface area contributed by atoms with Gasteiger partial charge in [0.05, 0.1) is 0 Å². The van der Waals surface area contributed by atoms with Crippen molar-refractivity contribution in [3.05, 3.63) is 324 Å². The van der Waals surface area contributed by atoms with Gasteiger partial charge in [0, 0.05) is 54.7 Å². The van der Waals surface area contributed by atoms with Crippen LogP contribution in [0.2, 0.25) is 0 Å². The lowest BCUT2D eigenvalue weighted by atomic mass is 9.81. The summed E-state index contributed by atoms with van der Waals surface area (Å²) in [7, 11) is -1.20. The molecule has 14 aromatic rings. The molecule has 0 spiro atoms. The summed E-state index contributed by atoms with van der Waals surface area (Å²) in [6.07, 6.45) is 14.1. The summed E-state index contributed by atoms with van der Waals surface area (Å²) in [6.45, 7) is 9.58. The smallest absolute Gasteiger partial charge is 0.0468 e. The van der Waals surface area contributed by atoms with Crippen molar-refractivity contribution in [3.8, 4) is 33.4 Å². The maximum Gasteiger partial charge on any atom is 0.0468 e. The standard InChI is InChI=1S/C88H68N2S/c1-87(2)81-49-59(27-41-75(81)77-43-39-73(55-83(77)87)89(69-35-31-61-15-7-11-19-65(61)51-69)70-36-32-62-16-8-12-20-66(62)52-70)25-23-57-29-45-85-79(47-57)80-48-58(30-46-86(80)91(85,5)6)24-26-60-28-42-76-78-44-40-74(56-84(78)88(3,4)82(76)50-60)90(71-37-33-63-17-9-13-21-67(63)53-71)72-38-34-64-18-10-14-22-68(64)54-72/h7-56H,1-6H3/b25-23+,26-24+. The molecule has 0 atom stereocenters. The second kappa shape index (κ2) is 20.8. The monoisotopic (exact) mass is 1180 g/mol. The highest BCUT2D eigenvalue weighted by Crippen LogP contribution is 2.67. The van der Waals surface area contributed by atoms with Crippen molar-refractivity contribution in [1.82, 2.24) is 0 Å². The van der Waals surface area contributed by atoms with E-state index in [0.717, 1.165) is 34.1 Å². The van der Waals surface area contributed by atoms with E-state index in [1.807, 2.05) is 0 Å². The minimum Gasteiger partial charge on any atom is -0.310 e. The van der Waals surface area contributed by atoms with E-state index in [-0.39, 0.29) is 10.8 Å². The van der Waals surface area contributed by atoms with Crippen LogP contribution in [0, 0.1) is 0 Å². The molecule has 436 valence electrons. The van der Waals surface area contributed by atoms with E-state index in [1.54, 1.807) is 0 Å². The molecule has 91 heavy (non-hydrogen) atoms. The van der Waals surface area contributed by atoms with Crippen molar-refractivity contribution < 1.29 is 0 Å². The lowest BCUT2D eigenvalue weighted by Gasteiger charge is -2.28. The first-order valence-corrected chi connectivity index (χ1v) is 34.3. The van der Waals surface area contributed by atoms with Gasteiger partial charge >= 0.3 is 0 Å². The van der Waals surface area contributed by atoms with E-state index in [0.29, 0.717) is 0 Å². The van der Waals surface area contributed by atoms with Crippen molar-refractivity contribution >= 4 is 112 Å². The Kier molecular flexibility index (Phi) is 12.5. The first-order valence-electron chi connectivity index (χ1n) is 31.8. The van der Waals surface area contributed by atoms with Crippen LogP contribution in [0.3, 0.4) is 0 Å². The molecule has 0 aromatic heterocycles. The molecule has 17 rings (SSSR count). The Morgan fingerprint density at radius 2 is 0.495 bits per heavy atom. The topological polar surface area (TPSA) is 6.48 Å². The molecule has 0 amide bonds. The van der Waals surface area contributed by atoms with Gasteiger partial charge < -0.3 is 9.80 Å². The van der Waals surface area contributed by atoms with Crippen LogP contribution in [0.5, 0.6) is 0 Å². The number of hydrogen-bond acceptors (Lipinski definition) is 2. The van der Waals surface area contributed by atoms with Crippen LogP contribution in [0.15, 0.2) is 289 Å². The molecule has 3 aliphatic rings. The number of anilines is 6. The second-order valence-electron chi connectivity index (χ2n) is 26.6. The molecule has 1 aliphatic heterocycles. The fourth-order valence-corrected chi connectivity index (χ4v) is 17.7. The van der Waals surface area contributed by atoms with Gasteiger partial charge in [0.25, 0.3) is 0 Å². The van der Waals surface area contributed by atoms with Gasteiger partial charge in [-0.15, -0.1) is 0 Å². The predicted molar refractivity (Wildman–Crippen MR) is 393 cm³/mol. The van der Waals surface area contributed by atoms with Crippen molar-refractivity contribution in [2.45, 2.75) is 48.3 Å². The van der Waals surface area contributed by atoms with Crippen molar-refractivity contribution in [3.63, 3.8) is 0 Å². The molecular formula is C88H68N2S. The van der Waals surface area contributed by atoms with Crippen molar-refractivity contribution in [2.75, 3.05) is 22.3 Å². The van der Waals surface area contributed by atoms with Crippen LogP contribution >= 0.6 is 10.0 Å². The highest BCUT2D eigenvalue weighted by atomic mass is 32.3. The van der Waals surface area contributed by atoms with Crippen LogP contribution in [-0.2, 0) is 10.8 Å². The Morgan fingerprint density at radius 1 is 0.242 bits per heavy atom. The van der Waals surface area contributed by atoms with Crippen LogP contribution < -0.4 is 9.80 Å². The molecule has 0 N–H and O–H groups in total. The Bertz CT molecular complexity index is 4930. The molecule has 0 fully saturated rings. The number of benzene rings is 14. The molecule has 0 unspecified atom stereocenters. The van der Waals surface area contributed by atoms with Gasteiger partial charge in [-0.05, 0) is 231 Å². The van der Waals surface area contributed by atoms with E-state index in [1.165, 1.54) is 131 Å². The van der Waals surface area contributed by atoms with Gasteiger partial charge in [-0.3, -0.25) is 0 Å². The minimum atomic E-state index is -1.20. The molecular weight excluding hydrogens is 1120 g/mol. The van der Waals surface area contributed by atoms with Crippen LogP contribution in [0.25, 0.3) is 101 Å². The van der Waals surface area contributed by atoms with Crippen LogP contribution in [0.4, 0.5) is 34.1 Å². The van der Waals surface area contributed by atoms with Crippen molar-refractivity contribution in [2.24, 2.45) is 0 Å². The number of hydrogen-bond donors (Lipinski definition) is 0. The van der Waals surface area contributed by atoms with E-state index in [4.69, 9.17) is 0 Å². The average molecular weight is 1190 g/mol. The van der Waals surface area contributed by atoms with Gasteiger partial charge in [-0.25, -0.2) is 0 Å². The summed E-state index contributed by atoms with van der Waals surface area (Å²) in [5.41, 5.74) is 24.6. The van der Waals surface area contributed by atoms with Gasteiger partial charge in [0.15, 0.2) is 0 Å². The molecule has 0 radical (unpaired) electrons. The molecule has 0 bridgehead atoms. The zero-order valence-corrected chi connectivity index (χ0v) is 53.0. The highest BCUT2D eigenvalue weighted by molar-refractivity contribution is 8.33. The molecule has 1 heterocycles. The third-order valence-electron chi connectivity index (χ3n) is 20.2. The number of rotatable bonds is 10. The summed E-state index contributed by atoms with van der Waals surface area (Å²) in [5.74, 6) is 0. The lowest BCUT2D eigenvalue weighted by Crippen LogP contribution is -2.16. The van der Waals surface area contributed by atoms with Gasteiger partial charge in [0.2, 0.25) is 0 Å². The van der Waals surface area contributed by atoms with Crippen LogP contribution in [-0.4, -0.2) is 12.5 Å². The maximum absolute atomic E-state index is 2.46. The molecule has 0 saturated carbocycles. The Labute approximate surface area is 535 Å². The molecule has 3 heteroatoms. The number of fused-ring (bicyclic) bond motifs is 13. The van der Waals surface area contributed by atoms with Gasteiger partial charge in [-0.1, -0.05) is 234 Å². The summed E-state index contributed by atoms with van der Waals surface area (Å²) in [6, 6.07) is 105. The van der Waals surface area contributed by atoms with Gasteiger partial charge in [-0.2, -0.15) is 10.0 Å². The van der Waals surface area contributed by atoms with E-state index < -0.39 is 10.0 Å². The average Bonchev–Trinajstić information content (AvgIpc) is 1.63.